The van der Waals surface area contributed by atoms with Gasteiger partial charge in [0.15, 0.2) is 0 Å². The fraction of sp³-hybridized carbons (Fsp3) is 0.600. The summed E-state index contributed by atoms with van der Waals surface area (Å²) < 4.78 is 0. The molecule has 0 spiro atoms. The molecule has 0 radical (unpaired) electrons. The van der Waals surface area contributed by atoms with Crippen molar-refractivity contribution in [2.45, 2.75) is 19.3 Å². The van der Waals surface area contributed by atoms with E-state index in [1.54, 1.807) is 0 Å². The van der Waals surface area contributed by atoms with Gasteiger partial charge in [-0.15, -0.1) is 0 Å². The zero-order valence-corrected chi connectivity index (χ0v) is 8.48. The van der Waals surface area contributed by atoms with Gasteiger partial charge >= 0.3 is 0 Å². The summed E-state index contributed by atoms with van der Waals surface area (Å²) in [5.74, 6) is 2.30. The van der Waals surface area contributed by atoms with Crippen molar-refractivity contribution in [2.75, 3.05) is 24.2 Å². The zero-order valence-electron chi connectivity index (χ0n) is 8.48. The first-order valence-corrected chi connectivity index (χ1v) is 5.04. The van der Waals surface area contributed by atoms with Crippen LogP contribution in [0.3, 0.4) is 0 Å². The van der Waals surface area contributed by atoms with Crippen molar-refractivity contribution < 1.29 is 0 Å². The van der Waals surface area contributed by atoms with E-state index in [2.05, 4.69) is 21.9 Å². The van der Waals surface area contributed by atoms with Gasteiger partial charge in [-0.05, 0) is 18.8 Å². The van der Waals surface area contributed by atoms with Crippen LogP contribution in [0.25, 0.3) is 0 Å². The van der Waals surface area contributed by atoms with E-state index in [1.807, 2.05) is 6.07 Å². The van der Waals surface area contributed by atoms with E-state index < -0.39 is 0 Å². The number of aromatic nitrogens is 2. The molecule has 0 aliphatic heterocycles. The van der Waals surface area contributed by atoms with Crippen molar-refractivity contribution in [3.63, 3.8) is 0 Å². The van der Waals surface area contributed by atoms with Crippen LogP contribution in [0.15, 0.2) is 12.4 Å². The Hall–Kier alpha value is -1.32. The highest BCUT2D eigenvalue weighted by Crippen LogP contribution is 2.27. The van der Waals surface area contributed by atoms with E-state index in [9.17, 15) is 0 Å². The summed E-state index contributed by atoms with van der Waals surface area (Å²) in [5, 5.41) is 0. The lowest BCUT2D eigenvalue weighted by atomic mass is 9.85. The number of rotatable bonds is 3. The summed E-state index contributed by atoms with van der Waals surface area (Å²) in [5.41, 5.74) is 5.60. The highest BCUT2D eigenvalue weighted by molar-refractivity contribution is 5.45. The van der Waals surface area contributed by atoms with Gasteiger partial charge < -0.3 is 10.6 Å². The van der Waals surface area contributed by atoms with Crippen molar-refractivity contribution in [3.05, 3.63) is 12.4 Å². The summed E-state index contributed by atoms with van der Waals surface area (Å²) in [7, 11) is 2.06. The number of hydrogen-bond donors (Lipinski definition) is 1. The largest absolute Gasteiger partial charge is 0.384 e. The third-order valence-corrected chi connectivity index (χ3v) is 2.82. The van der Waals surface area contributed by atoms with Crippen molar-refractivity contribution in [1.29, 1.82) is 0 Å². The van der Waals surface area contributed by atoms with E-state index in [4.69, 9.17) is 5.73 Å². The van der Waals surface area contributed by atoms with Gasteiger partial charge in [-0.2, -0.15) is 0 Å². The summed E-state index contributed by atoms with van der Waals surface area (Å²) in [6.07, 6.45) is 5.60. The van der Waals surface area contributed by atoms with Crippen LogP contribution in [-0.2, 0) is 0 Å². The smallest absolute Gasteiger partial charge is 0.133 e. The van der Waals surface area contributed by atoms with Crippen molar-refractivity contribution >= 4 is 11.6 Å². The topological polar surface area (TPSA) is 55.0 Å². The van der Waals surface area contributed by atoms with Crippen molar-refractivity contribution in [3.8, 4) is 0 Å². The maximum Gasteiger partial charge on any atom is 0.133 e. The van der Waals surface area contributed by atoms with E-state index in [-0.39, 0.29) is 0 Å². The molecule has 2 rings (SSSR count). The number of nitrogens with two attached hydrogens (primary N) is 1. The standard InChI is InChI=1S/C10H16N4/c1-14(6-8-3-2-4-8)10-5-9(11)12-7-13-10/h5,7-8H,2-4,6H2,1H3,(H2,11,12,13). The minimum atomic E-state index is 0.537. The van der Waals surface area contributed by atoms with Crippen molar-refractivity contribution in [1.82, 2.24) is 9.97 Å². The van der Waals surface area contributed by atoms with Crippen LogP contribution in [0.4, 0.5) is 11.6 Å². The molecule has 4 nitrogen and oxygen atoms in total. The Balaban J connectivity index is 1.98. The molecule has 1 aliphatic rings. The SMILES string of the molecule is CN(CC1CCC1)c1cc(N)ncn1. The van der Waals surface area contributed by atoms with Gasteiger partial charge in [-0.1, -0.05) is 6.42 Å². The molecule has 1 aliphatic carbocycles. The van der Waals surface area contributed by atoms with Crippen LogP contribution in [-0.4, -0.2) is 23.6 Å². The second-order valence-corrected chi connectivity index (χ2v) is 3.98. The molecule has 1 saturated carbocycles. The maximum atomic E-state index is 5.60. The average Bonchev–Trinajstić information content (AvgIpc) is 2.11. The minimum absolute atomic E-state index is 0.537. The van der Waals surface area contributed by atoms with Crippen LogP contribution >= 0.6 is 0 Å². The Morgan fingerprint density at radius 1 is 1.50 bits per heavy atom. The van der Waals surface area contributed by atoms with Crippen LogP contribution < -0.4 is 10.6 Å². The van der Waals surface area contributed by atoms with Gasteiger partial charge in [0.2, 0.25) is 0 Å². The number of nitrogens with zero attached hydrogens (tertiary/aromatic N) is 3. The first kappa shape index (κ1) is 9.24. The van der Waals surface area contributed by atoms with Crippen LogP contribution in [0.1, 0.15) is 19.3 Å². The number of anilines is 2. The number of hydrogen-bond acceptors (Lipinski definition) is 4. The molecule has 2 N–H and O–H groups in total. The molecular formula is C10H16N4. The lowest BCUT2D eigenvalue weighted by molar-refractivity contribution is 0.321. The molecular weight excluding hydrogens is 176 g/mol. The fourth-order valence-electron chi connectivity index (χ4n) is 1.73. The number of nitrogen functional groups attached to an aromatic ring is 1. The highest BCUT2D eigenvalue weighted by atomic mass is 15.2. The zero-order chi connectivity index (χ0) is 9.97. The van der Waals surface area contributed by atoms with Crippen LogP contribution in [0.5, 0.6) is 0 Å². The molecule has 4 heteroatoms. The molecule has 1 aromatic heterocycles. The Morgan fingerprint density at radius 3 is 2.86 bits per heavy atom. The molecule has 0 atom stereocenters. The lowest BCUT2D eigenvalue weighted by Crippen LogP contribution is -2.29. The maximum absolute atomic E-state index is 5.60. The summed E-state index contributed by atoms with van der Waals surface area (Å²) in [6, 6.07) is 1.82. The van der Waals surface area contributed by atoms with E-state index in [1.165, 1.54) is 25.6 Å². The van der Waals surface area contributed by atoms with Gasteiger partial charge in [0.05, 0.1) is 0 Å². The van der Waals surface area contributed by atoms with Gasteiger partial charge in [0.25, 0.3) is 0 Å². The van der Waals surface area contributed by atoms with E-state index in [0.717, 1.165) is 18.3 Å². The Morgan fingerprint density at radius 2 is 2.29 bits per heavy atom. The van der Waals surface area contributed by atoms with E-state index >= 15 is 0 Å². The fourth-order valence-corrected chi connectivity index (χ4v) is 1.73. The minimum Gasteiger partial charge on any atom is -0.384 e. The summed E-state index contributed by atoms with van der Waals surface area (Å²) in [6.45, 7) is 1.08. The molecule has 1 heterocycles. The molecule has 0 saturated heterocycles. The monoisotopic (exact) mass is 192 g/mol. The average molecular weight is 192 g/mol. The van der Waals surface area contributed by atoms with E-state index in [0.29, 0.717) is 5.82 Å². The third-order valence-electron chi connectivity index (χ3n) is 2.82. The van der Waals surface area contributed by atoms with Crippen LogP contribution in [0.2, 0.25) is 0 Å². The molecule has 0 bridgehead atoms. The van der Waals surface area contributed by atoms with Gasteiger partial charge in [0, 0.05) is 19.7 Å². The molecule has 76 valence electrons. The summed E-state index contributed by atoms with van der Waals surface area (Å²) >= 11 is 0. The quantitative estimate of drug-likeness (QED) is 0.784. The normalized spacial score (nSPS) is 16.4. The lowest BCUT2D eigenvalue weighted by Gasteiger charge is -2.30. The van der Waals surface area contributed by atoms with Gasteiger partial charge in [0.1, 0.15) is 18.0 Å². The first-order valence-electron chi connectivity index (χ1n) is 5.04. The summed E-state index contributed by atoms with van der Waals surface area (Å²) in [4.78, 5) is 10.2. The molecule has 0 amide bonds. The molecule has 0 unspecified atom stereocenters. The molecule has 14 heavy (non-hydrogen) atoms. The Labute approximate surface area is 84.2 Å². The molecule has 0 aromatic carbocycles. The second kappa shape index (κ2) is 3.82. The molecule has 1 aromatic rings. The second-order valence-electron chi connectivity index (χ2n) is 3.98. The predicted octanol–water partition coefficient (Wildman–Crippen LogP) is 1.30. The Kier molecular flexibility index (Phi) is 2.52. The Bertz CT molecular complexity index is 309. The van der Waals surface area contributed by atoms with Gasteiger partial charge in [-0.25, -0.2) is 9.97 Å². The third kappa shape index (κ3) is 1.95. The van der Waals surface area contributed by atoms with Crippen molar-refractivity contribution in [2.24, 2.45) is 5.92 Å². The predicted molar refractivity (Wildman–Crippen MR) is 57.1 cm³/mol. The highest BCUT2D eigenvalue weighted by Gasteiger charge is 2.19. The van der Waals surface area contributed by atoms with Crippen LogP contribution in [0, 0.1) is 5.92 Å². The first-order chi connectivity index (χ1) is 6.75. The molecule has 1 fully saturated rings. The van der Waals surface area contributed by atoms with Gasteiger partial charge in [-0.3, -0.25) is 0 Å².